The predicted molar refractivity (Wildman–Crippen MR) is 164 cm³/mol. The van der Waals surface area contributed by atoms with Gasteiger partial charge in [0.15, 0.2) is 20.5 Å². The number of nitrogens with zero attached hydrogens (tertiary/aromatic N) is 1. The number of rotatable bonds is 10. The average molecular weight is 535 g/mol. The smallest absolute Gasteiger partial charge is 0.166 e. The lowest BCUT2D eigenvalue weighted by Gasteiger charge is -2.31. The summed E-state index contributed by atoms with van der Waals surface area (Å²) in [5, 5.41) is 0. The number of unbranched alkanes of at least 4 members (excludes halogenated alkanes) is 1. The fraction of sp³-hybridized carbons (Fsp3) is 0.306. The molecule has 1 aliphatic heterocycles. The van der Waals surface area contributed by atoms with Crippen LogP contribution in [0.5, 0.6) is 0 Å². The molecule has 0 N–H and O–H groups in total. The molecule has 200 valence electrons. The molecule has 2 nitrogen and oxygen atoms in total. The van der Waals surface area contributed by atoms with Gasteiger partial charge in [0, 0.05) is 11.5 Å². The molecular formula is C36H40NOS+. The maximum atomic E-state index is 13.4. The summed E-state index contributed by atoms with van der Waals surface area (Å²) >= 11 is 0. The number of carbonyl (C=O) groups excluding carboxylic acids is 1. The number of likely N-dealkylation sites (tertiary alicyclic amines) is 1. The summed E-state index contributed by atoms with van der Waals surface area (Å²) in [6.45, 7) is 7.46. The van der Waals surface area contributed by atoms with E-state index in [4.69, 9.17) is 0 Å². The summed E-state index contributed by atoms with van der Waals surface area (Å²) < 4.78 is 0. The largest absolute Gasteiger partial charge is 0.303 e. The van der Waals surface area contributed by atoms with E-state index in [1.807, 2.05) is 0 Å². The summed E-state index contributed by atoms with van der Waals surface area (Å²) in [4.78, 5) is 19.8. The van der Waals surface area contributed by atoms with Gasteiger partial charge in [-0.05, 0) is 120 Å². The maximum absolute atomic E-state index is 13.4. The van der Waals surface area contributed by atoms with Gasteiger partial charge in [0.25, 0.3) is 0 Å². The molecule has 39 heavy (non-hydrogen) atoms. The second kappa shape index (κ2) is 13.3. The zero-order valence-corrected chi connectivity index (χ0v) is 24.1. The number of hydrogen-bond donors (Lipinski definition) is 0. The summed E-state index contributed by atoms with van der Waals surface area (Å²) in [5.41, 5.74) is 4.82. The van der Waals surface area contributed by atoms with Crippen molar-refractivity contribution < 1.29 is 4.79 Å². The minimum atomic E-state index is -0.197. The van der Waals surface area contributed by atoms with E-state index in [-0.39, 0.29) is 16.8 Å². The third-order valence-electron chi connectivity index (χ3n) is 7.88. The maximum Gasteiger partial charge on any atom is 0.166 e. The quantitative estimate of drug-likeness (QED) is 0.116. The highest BCUT2D eigenvalue weighted by Gasteiger charge is 2.30. The predicted octanol–water partition coefficient (Wildman–Crippen LogP) is 8.32. The molecule has 0 radical (unpaired) electrons. The number of hydrogen-bond acceptors (Lipinski definition) is 2. The Morgan fingerprint density at radius 3 is 1.74 bits per heavy atom. The molecule has 0 spiro atoms. The van der Waals surface area contributed by atoms with Crippen LogP contribution in [0.1, 0.15) is 52.7 Å². The van der Waals surface area contributed by atoms with Crippen LogP contribution in [0.25, 0.3) is 0 Å². The van der Waals surface area contributed by atoms with E-state index < -0.39 is 0 Å². The molecule has 3 heteroatoms. The van der Waals surface area contributed by atoms with Crippen LogP contribution >= 0.6 is 0 Å². The molecule has 0 saturated carbocycles. The monoisotopic (exact) mass is 534 g/mol. The molecule has 4 aromatic rings. The van der Waals surface area contributed by atoms with Gasteiger partial charge in [-0.25, -0.2) is 0 Å². The number of aryl methyl sites for hydroxylation is 3. The van der Waals surface area contributed by atoms with Gasteiger partial charge in [0.1, 0.15) is 0 Å². The Morgan fingerprint density at radius 2 is 1.21 bits per heavy atom. The van der Waals surface area contributed by atoms with E-state index >= 15 is 0 Å². The molecule has 1 heterocycles. The van der Waals surface area contributed by atoms with Gasteiger partial charge in [-0.15, -0.1) is 0 Å². The Kier molecular flexibility index (Phi) is 9.34. The van der Waals surface area contributed by atoms with E-state index in [0.717, 1.165) is 44.5 Å². The molecule has 1 saturated heterocycles. The molecular weight excluding hydrogens is 494 g/mol. The Bertz CT molecular complexity index is 1280. The van der Waals surface area contributed by atoms with Crippen LogP contribution in [-0.4, -0.2) is 30.3 Å². The van der Waals surface area contributed by atoms with Crippen molar-refractivity contribution in [2.75, 3.05) is 19.6 Å². The highest BCUT2D eigenvalue weighted by atomic mass is 32.2. The second-order valence-corrected chi connectivity index (χ2v) is 12.9. The van der Waals surface area contributed by atoms with Gasteiger partial charge in [-0.2, -0.15) is 0 Å². The summed E-state index contributed by atoms with van der Waals surface area (Å²) in [5.74, 6) is 0.458. The first-order valence-electron chi connectivity index (χ1n) is 14.3. The molecule has 1 fully saturated rings. The van der Waals surface area contributed by atoms with Crippen molar-refractivity contribution >= 4 is 16.7 Å². The van der Waals surface area contributed by atoms with Crippen molar-refractivity contribution in [3.63, 3.8) is 0 Å². The second-order valence-electron chi connectivity index (χ2n) is 10.9. The molecule has 5 rings (SSSR count). The fourth-order valence-corrected chi connectivity index (χ4v) is 7.52. The van der Waals surface area contributed by atoms with Gasteiger partial charge in [0.2, 0.25) is 0 Å². The molecule has 1 aliphatic rings. The number of Topliss-reactive ketones (excluding diaryl/α,β-unsaturated/α-hetero) is 1. The topological polar surface area (TPSA) is 20.3 Å². The van der Waals surface area contributed by atoms with Crippen molar-refractivity contribution in [2.45, 2.75) is 60.6 Å². The lowest BCUT2D eigenvalue weighted by Crippen LogP contribution is -2.37. The Hall–Kier alpha value is -3.14. The van der Waals surface area contributed by atoms with E-state index in [9.17, 15) is 4.79 Å². The Morgan fingerprint density at radius 1 is 0.692 bits per heavy atom. The van der Waals surface area contributed by atoms with Crippen molar-refractivity contribution in [2.24, 2.45) is 5.92 Å². The number of ketones is 1. The minimum absolute atomic E-state index is 0.142. The summed E-state index contributed by atoms with van der Waals surface area (Å²) in [6, 6.07) is 37.0. The number of piperidine rings is 1. The van der Waals surface area contributed by atoms with Gasteiger partial charge in [0.05, 0.1) is 10.9 Å². The first-order valence-corrected chi connectivity index (χ1v) is 15.6. The van der Waals surface area contributed by atoms with Crippen LogP contribution in [0.15, 0.2) is 118 Å². The van der Waals surface area contributed by atoms with E-state index in [2.05, 4.69) is 122 Å². The lowest BCUT2D eigenvalue weighted by molar-refractivity contribution is 0.0839. The standard InChI is InChI=1S/C36H40NOS/c1-28-11-17-33(18-12-28)39(34-19-13-29(2)14-20-34)35-21-15-31(16-22-35)36(38)32-23-26-37(27-24-32)25-7-6-10-30-8-4-3-5-9-30/h3-5,8-9,11-22,32H,6-7,10,23-27H2,1-2H3/q+1. The van der Waals surface area contributed by atoms with Crippen LogP contribution in [0.3, 0.4) is 0 Å². The lowest BCUT2D eigenvalue weighted by atomic mass is 9.89. The third-order valence-corrected chi connectivity index (χ3v) is 10.1. The molecule has 4 aromatic carbocycles. The minimum Gasteiger partial charge on any atom is -0.303 e. The van der Waals surface area contributed by atoms with Gasteiger partial charge in [-0.1, -0.05) is 65.7 Å². The number of carbonyl (C=O) groups is 1. The van der Waals surface area contributed by atoms with E-state index in [0.29, 0.717) is 5.78 Å². The van der Waals surface area contributed by atoms with Crippen molar-refractivity contribution in [1.29, 1.82) is 0 Å². The zero-order valence-electron chi connectivity index (χ0n) is 23.3. The van der Waals surface area contributed by atoms with E-state index in [1.54, 1.807) is 0 Å². The fourth-order valence-electron chi connectivity index (χ4n) is 5.48. The van der Waals surface area contributed by atoms with E-state index in [1.165, 1.54) is 44.2 Å². The van der Waals surface area contributed by atoms with Crippen LogP contribution in [0.4, 0.5) is 0 Å². The van der Waals surface area contributed by atoms with Gasteiger partial charge < -0.3 is 4.90 Å². The van der Waals surface area contributed by atoms with Crippen LogP contribution in [0, 0.1) is 19.8 Å². The SMILES string of the molecule is Cc1ccc([S+](c2ccc(C)cc2)c2ccc(C(=O)C3CCN(CCCCc4ccccc4)CC3)cc2)cc1. The van der Waals surface area contributed by atoms with Crippen LogP contribution < -0.4 is 0 Å². The van der Waals surface area contributed by atoms with Crippen LogP contribution in [0.2, 0.25) is 0 Å². The number of benzene rings is 4. The molecule has 0 aliphatic carbocycles. The first-order chi connectivity index (χ1) is 19.1. The van der Waals surface area contributed by atoms with Gasteiger partial charge >= 0.3 is 0 Å². The molecule has 0 bridgehead atoms. The normalized spacial score (nSPS) is 14.5. The Labute approximate surface area is 237 Å². The molecule has 0 aromatic heterocycles. The third kappa shape index (κ3) is 7.29. The van der Waals surface area contributed by atoms with Crippen molar-refractivity contribution in [3.05, 3.63) is 125 Å². The highest BCUT2D eigenvalue weighted by molar-refractivity contribution is 7.97. The summed E-state index contributed by atoms with van der Waals surface area (Å²) in [7, 11) is -0.197. The molecule has 0 atom stereocenters. The van der Waals surface area contributed by atoms with Crippen molar-refractivity contribution in [3.8, 4) is 0 Å². The zero-order chi connectivity index (χ0) is 27.0. The van der Waals surface area contributed by atoms with Crippen molar-refractivity contribution in [1.82, 2.24) is 4.90 Å². The average Bonchev–Trinajstić information content (AvgIpc) is 2.98. The van der Waals surface area contributed by atoms with Crippen LogP contribution in [-0.2, 0) is 17.3 Å². The highest BCUT2D eigenvalue weighted by Crippen LogP contribution is 2.32. The first kappa shape index (κ1) is 27.4. The summed E-state index contributed by atoms with van der Waals surface area (Å²) in [6.07, 6.45) is 5.54. The Balaban J connectivity index is 1.18. The molecule has 0 amide bonds. The van der Waals surface area contributed by atoms with Gasteiger partial charge in [-0.3, -0.25) is 4.79 Å². The molecule has 0 unspecified atom stereocenters.